The van der Waals surface area contributed by atoms with Crippen LogP contribution in [0.5, 0.6) is 0 Å². The zero-order valence-electron chi connectivity index (χ0n) is 18.1. The van der Waals surface area contributed by atoms with Gasteiger partial charge < -0.3 is 9.88 Å². The standard InChI is InChI=1S/C24H32N4OS/c1-3-28-21(26-27-23(28)30-15-17-6-4-5-16(2)7-17)14-25-22(29)24-11-18-8-19(12-24)10-20(9-18)13-24/h4-7,18-20H,3,8-15H2,1-2H3,(H,25,29). The molecule has 1 heterocycles. The van der Waals surface area contributed by atoms with E-state index in [-0.39, 0.29) is 11.3 Å². The van der Waals surface area contributed by atoms with E-state index in [9.17, 15) is 4.79 Å². The second-order valence-electron chi connectivity index (χ2n) is 9.80. The van der Waals surface area contributed by atoms with Crippen molar-refractivity contribution >= 4 is 17.7 Å². The van der Waals surface area contributed by atoms with Crippen LogP contribution < -0.4 is 5.32 Å². The van der Waals surface area contributed by atoms with E-state index >= 15 is 0 Å². The van der Waals surface area contributed by atoms with Gasteiger partial charge in [-0.1, -0.05) is 41.6 Å². The highest BCUT2D eigenvalue weighted by Gasteiger charge is 2.54. The first kappa shape index (κ1) is 20.1. The molecule has 0 unspecified atom stereocenters. The second kappa shape index (κ2) is 8.03. The van der Waals surface area contributed by atoms with Crippen LogP contribution in [0.1, 0.15) is 62.4 Å². The van der Waals surface area contributed by atoms with Gasteiger partial charge in [-0.15, -0.1) is 10.2 Å². The van der Waals surface area contributed by atoms with Gasteiger partial charge in [0.25, 0.3) is 0 Å². The summed E-state index contributed by atoms with van der Waals surface area (Å²) >= 11 is 1.71. The van der Waals surface area contributed by atoms with Gasteiger partial charge in [0.2, 0.25) is 5.91 Å². The summed E-state index contributed by atoms with van der Waals surface area (Å²) < 4.78 is 2.14. The van der Waals surface area contributed by atoms with Crippen molar-refractivity contribution in [2.75, 3.05) is 0 Å². The van der Waals surface area contributed by atoms with Gasteiger partial charge in [0.05, 0.1) is 6.54 Å². The van der Waals surface area contributed by atoms with Crippen LogP contribution >= 0.6 is 11.8 Å². The van der Waals surface area contributed by atoms with Crippen LogP contribution in [0.4, 0.5) is 0 Å². The number of carbonyl (C=O) groups excluding carboxylic acids is 1. The first-order valence-electron chi connectivity index (χ1n) is 11.4. The zero-order valence-corrected chi connectivity index (χ0v) is 18.9. The number of aromatic nitrogens is 3. The third-order valence-electron chi connectivity index (χ3n) is 7.49. The smallest absolute Gasteiger partial charge is 0.226 e. The Balaban J connectivity index is 1.23. The summed E-state index contributed by atoms with van der Waals surface area (Å²) in [7, 11) is 0. The van der Waals surface area contributed by atoms with Crippen molar-refractivity contribution in [3.8, 4) is 0 Å². The van der Waals surface area contributed by atoms with Crippen LogP contribution in [0.25, 0.3) is 0 Å². The first-order valence-corrected chi connectivity index (χ1v) is 12.4. The van der Waals surface area contributed by atoms with Crippen molar-refractivity contribution in [3.63, 3.8) is 0 Å². The summed E-state index contributed by atoms with van der Waals surface area (Å²) in [5.41, 5.74) is 2.47. The molecule has 1 aromatic heterocycles. The minimum atomic E-state index is -0.103. The molecule has 6 rings (SSSR count). The fourth-order valence-electron chi connectivity index (χ4n) is 6.56. The van der Waals surface area contributed by atoms with Gasteiger partial charge in [-0.2, -0.15) is 0 Å². The number of nitrogens with zero attached hydrogens (tertiary/aromatic N) is 3. The number of thioether (sulfide) groups is 1. The molecule has 0 atom stereocenters. The number of rotatable bonds is 7. The maximum atomic E-state index is 13.2. The Hall–Kier alpha value is -1.82. The summed E-state index contributed by atoms with van der Waals surface area (Å²) in [6, 6.07) is 8.58. The van der Waals surface area contributed by atoms with Gasteiger partial charge >= 0.3 is 0 Å². The van der Waals surface area contributed by atoms with Gasteiger partial charge in [-0.05, 0) is 75.7 Å². The molecule has 4 saturated carbocycles. The number of nitrogens with one attached hydrogen (secondary N) is 1. The van der Waals surface area contributed by atoms with Crippen LogP contribution in [-0.4, -0.2) is 20.7 Å². The SMILES string of the molecule is CCn1c(CNC(=O)C23CC4CC(CC(C4)C2)C3)nnc1SCc1cccc(C)c1. The van der Waals surface area contributed by atoms with Gasteiger partial charge in [0.15, 0.2) is 11.0 Å². The monoisotopic (exact) mass is 424 g/mol. The van der Waals surface area contributed by atoms with Crippen LogP contribution in [0, 0.1) is 30.1 Å². The van der Waals surface area contributed by atoms with Crippen molar-refractivity contribution in [1.82, 2.24) is 20.1 Å². The summed E-state index contributed by atoms with van der Waals surface area (Å²) in [4.78, 5) is 13.2. The van der Waals surface area contributed by atoms with Gasteiger partial charge in [-0.3, -0.25) is 4.79 Å². The van der Waals surface area contributed by atoms with E-state index in [2.05, 4.69) is 58.2 Å². The van der Waals surface area contributed by atoms with Crippen molar-refractivity contribution < 1.29 is 4.79 Å². The lowest BCUT2D eigenvalue weighted by Gasteiger charge is -2.55. The fraction of sp³-hybridized carbons (Fsp3) is 0.625. The third kappa shape index (κ3) is 3.79. The summed E-state index contributed by atoms with van der Waals surface area (Å²) in [6.07, 6.45) is 7.38. The molecule has 0 spiro atoms. The molecule has 0 radical (unpaired) electrons. The fourth-order valence-corrected chi connectivity index (χ4v) is 7.52. The van der Waals surface area contributed by atoms with Crippen molar-refractivity contribution in [2.45, 2.75) is 76.4 Å². The molecule has 160 valence electrons. The number of carbonyl (C=O) groups is 1. The Kier molecular flexibility index (Phi) is 5.38. The highest BCUT2D eigenvalue weighted by molar-refractivity contribution is 7.98. The molecule has 1 amide bonds. The molecule has 4 aliphatic carbocycles. The summed E-state index contributed by atoms with van der Waals surface area (Å²) in [6.45, 7) is 5.52. The molecule has 0 aliphatic heterocycles. The molecule has 4 fully saturated rings. The predicted octanol–water partition coefficient (Wildman–Crippen LogP) is 4.73. The van der Waals surface area contributed by atoms with E-state index in [1.54, 1.807) is 11.8 Å². The highest BCUT2D eigenvalue weighted by Crippen LogP contribution is 2.60. The van der Waals surface area contributed by atoms with Crippen molar-refractivity contribution in [2.24, 2.45) is 23.2 Å². The Labute approximate surface area is 183 Å². The predicted molar refractivity (Wildman–Crippen MR) is 119 cm³/mol. The van der Waals surface area contributed by atoms with Crippen LogP contribution in [0.15, 0.2) is 29.4 Å². The van der Waals surface area contributed by atoms with E-state index in [0.717, 1.165) is 60.3 Å². The normalized spacial score (nSPS) is 29.3. The quantitative estimate of drug-likeness (QED) is 0.653. The lowest BCUT2D eigenvalue weighted by atomic mass is 9.49. The maximum absolute atomic E-state index is 13.2. The number of amides is 1. The minimum absolute atomic E-state index is 0.103. The third-order valence-corrected chi connectivity index (χ3v) is 8.52. The van der Waals surface area contributed by atoms with Gasteiger partial charge in [0, 0.05) is 17.7 Å². The molecule has 2 aromatic rings. The molecule has 1 N–H and O–H groups in total. The molecule has 4 aliphatic rings. The van der Waals surface area contributed by atoms with Gasteiger partial charge in [0.1, 0.15) is 0 Å². The van der Waals surface area contributed by atoms with E-state index in [1.165, 1.54) is 30.4 Å². The summed E-state index contributed by atoms with van der Waals surface area (Å²) in [5.74, 6) is 4.35. The number of hydrogen-bond acceptors (Lipinski definition) is 4. The largest absolute Gasteiger partial charge is 0.348 e. The number of benzene rings is 1. The zero-order chi connectivity index (χ0) is 20.7. The molecule has 1 aromatic carbocycles. The molecule has 6 heteroatoms. The lowest BCUT2D eigenvalue weighted by molar-refractivity contribution is -0.146. The molecular formula is C24H32N4OS. The number of hydrogen-bond donors (Lipinski definition) is 1. The Morgan fingerprint density at radius 1 is 1.17 bits per heavy atom. The molecule has 30 heavy (non-hydrogen) atoms. The van der Waals surface area contributed by atoms with Crippen molar-refractivity contribution in [3.05, 3.63) is 41.2 Å². The van der Waals surface area contributed by atoms with E-state index in [1.807, 2.05) is 0 Å². The highest BCUT2D eigenvalue weighted by atomic mass is 32.2. The molecule has 0 saturated heterocycles. The van der Waals surface area contributed by atoms with Crippen LogP contribution in [-0.2, 0) is 23.6 Å². The molecule has 5 nitrogen and oxygen atoms in total. The topological polar surface area (TPSA) is 59.8 Å². The lowest BCUT2D eigenvalue weighted by Crippen LogP contribution is -2.53. The Morgan fingerprint density at radius 2 is 1.87 bits per heavy atom. The molecular weight excluding hydrogens is 392 g/mol. The Bertz CT molecular complexity index is 902. The van der Waals surface area contributed by atoms with E-state index in [4.69, 9.17) is 0 Å². The number of aryl methyl sites for hydroxylation is 1. The van der Waals surface area contributed by atoms with E-state index < -0.39 is 0 Å². The molecule has 4 bridgehead atoms. The van der Waals surface area contributed by atoms with Crippen molar-refractivity contribution in [1.29, 1.82) is 0 Å². The minimum Gasteiger partial charge on any atom is -0.348 e. The first-order chi connectivity index (χ1) is 14.5. The second-order valence-corrected chi connectivity index (χ2v) is 10.7. The average molecular weight is 425 g/mol. The van der Waals surface area contributed by atoms with Gasteiger partial charge in [-0.25, -0.2) is 0 Å². The Morgan fingerprint density at radius 3 is 2.50 bits per heavy atom. The van der Waals surface area contributed by atoms with Crippen LogP contribution in [0.2, 0.25) is 0 Å². The summed E-state index contributed by atoms with van der Waals surface area (Å²) in [5, 5.41) is 13.0. The van der Waals surface area contributed by atoms with Crippen LogP contribution in [0.3, 0.4) is 0 Å². The maximum Gasteiger partial charge on any atom is 0.226 e. The average Bonchev–Trinajstić information content (AvgIpc) is 3.11. The van der Waals surface area contributed by atoms with E-state index in [0.29, 0.717) is 6.54 Å².